The molecule has 0 atom stereocenters. The highest BCUT2D eigenvalue weighted by atomic mass is 35.5. The summed E-state index contributed by atoms with van der Waals surface area (Å²) in [6.45, 7) is 3.22. The van der Waals surface area contributed by atoms with Gasteiger partial charge in [0, 0.05) is 25.7 Å². The molecule has 1 aromatic heterocycles. The second kappa shape index (κ2) is 6.01. The summed E-state index contributed by atoms with van der Waals surface area (Å²) in [6.07, 6.45) is 0. The van der Waals surface area contributed by atoms with Crippen molar-refractivity contribution in [1.29, 1.82) is 0 Å². The minimum atomic E-state index is -3.58. The molecule has 0 radical (unpaired) electrons. The Kier molecular flexibility index (Phi) is 3.94. The van der Waals surface area contributed by atoms with Gasteiger partial charge in [-0.15, -0.1) is 0 Å². The smallest absolute Gasteiger partial charge is 0.277 e. The Hall–Kier alpha value is -2.09. The van der Waals surface area contributed by atoms with Crippen molar-refractivity contribution < 1.29 is 13.2 Å². The molecule has 4 rings (SSSR count). The van der Waals surface area contributed by atoms with Crippen LogP contribution in [0.2, 0.25) is 5.02 Å². The number of aromatic nitrogens is 2. The highest BCUT2D eigenvalue weighted by molar-refractivity contribution is 7.89. The van der Waals surface area contributed by atoms with Gasteiger partial charge in [-0.2, -0.15) is 4.31 Å². The van der Waals surface area contributed by atoms with Crippen molar-refractivity contribution in [3.05, 3.63) is 47.5 Å². The number of rotatable bonds is 3. The number of likely N-dealkylation sites (N-methyl/N-ethyl adjacent to an activating group) is 1. The fraction of sp³-hybridized carbons (Fsp3) is 0.235. The molecule has 2 aromatic carbocycles. The summed E-state index contributed by atoms with van der Waals surface area (Å²) < 4.78 is 34.3. The molecule has 3 aromatic rings. The number of hydrogen-bond donors (Lipinski definition) is 0. The molecule has 0 unspecified atom stereocenters. The van der Waals surface area contributed by atoms with Crippen molar-refractivity contribution in [2.45, 2.75) is 18.6 Å². The van der Waals surface area contributed by atoms with Gasteiger partial charge in [-0.05, 0) is 18.2 Å². The number of sulfonamides is 1. The van der Waals surface area contributed by atoms with E-state index in [4.69, 9.17) is 16.3 Å². The van der Waals surface area contributed by atoms with Crippen LogP contribution in [0.1, 0.15) is 6.92 Å². The van der Waals surface area contributed by atoms with E-state index in [1.165, 1.54) is 4.31 Å². The summed E-state index contributed by atoms with van der Waals surface area (Å²) in [4.78, 5) is 4.31. The highest BCUT2D eigenvalue weighted by Crippen LogP contribution is 2.35. The van der Waals surface area contributed by atoms with E-state index < -0.39 is 10.0 Å². The molecule has 130 valence electrons. The van der Waals surface area contributed by atoms with Crippen LogP contribution in [0.3, 0.4) is 0 Å². The Balaban J connectivity index is 1.84. The second-order valence-electron chi connectivity index (χ2n) is 5.73. The molecule has 0 spiro atoms. The van der Waals surface area contributed by atoms with E-state index in [0.29, 0.717) is 47.2 Å². The largest absolute Gasteiger partial charge is 0.456 e. The Labute approximate surface area is 150 Å². The third-order valence-electron chi connectivity index (χ3n) is 4.23. The maximum absolute atomic E-state index is 12.6. The SMILES string of the molecule is CCN1CCn2c(nc3cc(Cl)c(Oc4ccccc4)cc32)S1(=O)=O. The lowest BCUT2D eigenvalue weighted by Gasteiger charge is -2.25. The van der Waals surface area contributed by atoms with Crippen LogP contribution in [0.25, 0.3) is 11.0 Å². The summed E-state index contributed by atoms with van der Waals surface area (Å²) in [5.41, 5.74) is 1.24. The van der Waals surface area contributed by atoms with Crippen LogP contribution in [0.15, 0.2) is 47.6 Å². The van der Waals surface area contributed by atoms with Gasteiger partial charge in [0.05, 0.1) is 16.1 Å². The Morgan fingerprint density at radius 1 is 1.20 bits per heavy atom. The van der Waals surface area contributed by atoms with Crippen LogP contribution in [0.5, 0.6) is 11.5 Å². The monoisotopic (exact) mass is 377 g/mol. The molecule has 0 saturated heterocycles. The number of fused-ring (bicyclic) bond motifs is 3. The quantitative estimate of drug-likeness (QED) is 0.700. The molecule has 25 heavy (non-hydrogen) atoms. The first kappa shape index (κ1) is 16.4. The van der Waals surface area contributed by atoms with E-state index in [0.717, 1.165) is 0 Å². The van der Waals surface area contributed by atoms with E-state index in [-0.39, 0.29) is 5.16 Å². The minimum Gasteiger partial charge on any atom is -0.456 e. The number of nitrogens with zero attached hydrogens (tertiary/aromatic N) is 3. The normalized spacial score (nSPS) is 16.7. The summed E-state index contributed by atoms with van der Waals surface area (Å²) in [5.74, 6) is 1.13. The molecular weight excluding hydrogens is 362 g/mol. The number of halogens is 1. The first-order valence-corrected chi connectivity index (χ1v) is 9.75. The van der Waals surface area contributed by atoms with E-state index in [1.807, 2.05) is 37.3 Å². The van der Waals surface area contributed by atoms with Crippen molar-refractivity contribution in [2.24, 2.45) is 0 Å². The molecule has 6 nitrogen and oxygen atoms in total. The molecule has 8 heteroatoms. The summed E-state index contributed by atoms with van der Waals surface area (Å²) in [5, 5.41) is 0.445. The Bertz CT molecular complexity index is 1050. The highest BCUT2D eigenvalue weighted by Gasteiger charge is 2.34. The fourth-order valence-corrected chi connectivity index (χ4v) is 4.76. The van der Waals surface area contributed by atoms with Crippen LogP contribution in [0, 0.1) is 0 Å². The minimum absolute atomic E-state index is 0.0588. The van der Waals surface area contributed by atoms with Crippen molar-refractivity contribution >= 4 is 32.7 Å². The summed E-state index contributed by atoms with van der Waals surface area (Å²) in [7, 11) is -3.58. The van der Waals surface area contributed by atoms with Crippen LogP contribution >= 0.6 is 11.6 Å². The number of benzene rings is 2. The molecule has 0 saturated carbocycles. The maximum atomic E-state index is 12.6. The van der Waals surface area contributed by atoms with Gasteiger partial charge in [0.25, 0.3) is 10.0 Å². The molecule has 0 bridgehead atoms. The lowest BCUT2D eigenvalue weighted by molar-refractivity contribution is 0.368. The summed E-state index contributed by atoms with van der Waals surface area (Å²) in [6, 6.07) is 12.7. The standard InChI is InChI=1S/C17H16ClN3O3S/c1-2-20-8-9-21-15-11-16(24-12-6-4-3-5-7-12)13(18)10-14(15)19-17(21)25(20,22)23/h3-7,10-11H,2,8-9H2,1H3. The Morgan fingerprint density at radius 3 is 2.68 bits per heavy atom. The van der Waals surface area contributed by atoms with E-state index in [9.17, 15) is 8.42 Å². The van der Waals surface area contributed by atoms with Crippen molar-refractivity contribution in [3.63, 3.8) is 0 Å². The number of para-hydroxylation sites is 1. The van der Waals surface area contributed by atoms with Gasteiger partial charge < -0.3 is 9.30 Å². The predicted molar refractivity (Wildman–Crippen MR) is 95.7 cm³/mol. The third kappa shape index (κ3) is 2.68. The third-order valence-corrected chi connectivity index (χ3v) is 6.42. The van der Waals surface area contributed by atoms with Gasteiger partial charge >= 0.3 is 0 Å². The van der Waals surface area contributed by atoms with E-state index >= 15 is 0 Å². The molecule has 0 amide bonds. The number of imidazole rings is 1. The first-order chi connectivity index (χ1) is 12.0. The predicted octanol–water partition coefficient (Wildman–Crippen LogP) is 3.51. The van der Waals surface area contributed by atoms with Gasteiger partial charge in [0.1, 0.15) is 11.5 Å². The summed E-state index contributed by atoms with van der Waals surface area (Å²) >= 11 is 6.31. The molecule has 2 heterocycles. The van der Waals surface area contributed by atoms with Crippen molar-refractivity contribution in [3.8, 4) is 11.5 Å². The number of hydrogen-bond acceptors (Lipinski definition) is 4. The molecule has 0 N–H and O–H groups in total. The molecule has 0 aliphatic carbocycles. The zero-order valence-corrected chi connectivity index (χ0v) is 15.1. The van der Waals surface area contributed by atoms with Crippen molar-refractivity contribution in [1.82, 2.24) is 13.9 Å². The zero-order valence-electron chi connectivity index (χ0n) is 13.5. The van der Waals surface area contributed by atoms with Gasteiger partial charge in [-0.1, -0.05) is 36.7 Å². The molecule has 1 aliphatic heterocycles. The average Bonchev–Trinajstić information content (AvgIpc) is 2.95. The van der Waals surface area contributed by atoms with Gasteiger partial charge in [0.15, 0.2) is 0 Å². The van der Waals surface area contributed by atoms with Gasteiger partial charge in [-0.25, -0.2) is 13.4 Å². The van der Waals surface area contributed by atoms with Crippen LogP contribution in [-0.4, -0.2) is 35.4 Å². The zero-order chi connectivity index (χ0) is 17.6. The molecule has 1 aliphatic rings. The second-order valence-corrected chi connectivity index (χ2v) is 7.97. The maximum Gasteiger partial charge on any atom is 0.277 e. The lowest BCUT2D eigenvalue weighted by Crippen LogP contribution is -2.39. The van der Waals surface area contributed by atoms with Crippen molar-refractivity contribution in [2.75, 3.05) is 13.1 Å². The molecular formula is C17H16ClN3O3S. The van der Waals surface area contributed by atoms with Gasteiger partial charge in [-0.3, -0.25) is 0 Å². The lowest BCUT2D eigenvalue weighted by atomic mass is 10.3. The van der Waals surface area contributed by atoms with Crippen LogP contribution < -0.4 is 4.74 Å². The first-order valence-electron chi connectivity index (χ1n) is 7.93. The van der Waals surface area contributed by atoms with Crippen LogP contribution in [-0.2, 0) is 16.6 Å². The van der Waals surface area contributed by atoms with E-state index in [2.05, 4.69) is 4.98 Å². The average molecular weight is 378 g/mol. The topological polar surface area (TPSA) is 64.4 Å². The van der Waals surface area contributed by atoms with Gasteiger partial charge in [0.2, 0.25) is 5.16 Å². The Morgan fingerprint density at radius 2 is 1.96 bits per heavy atom. The van der Waals surface area contributed by atoms with Crippen LogP contribution in [0.4, 0.5) is 0 Å². The number of ether oxygens (including phenoxy) is 1. The molecule has 0 fully saturated rings. The van der Waals surface area contributed by atoms with E-state index in [1.54, 1.807) is 16.7 Å². The fourth-order valence-electron chi connectivity index (χ4n) is 2.99.